The van der Waals surface area contributed by atoms with E-state index in [-0.39, 0.29) is 23.0 Å². The second-order valence-electron chi connectivity index (χ2n) is 8.07. The highest BCUT2D eigenvalue weighted by Gasteiger charge is 2.59. The van der Waals surface area contributed by atoms with Crippen LogP contribution in [0, 0.1) is 0 Å². The molecule has 3 heterocycles. The van der Waals surface area contributed by atoms with Crippen molar-refractivity contribution in [1.82, 2.24) is 15.8 Å². The molecule has 2 aliphatic heterocycles. The number of benzene rings is 1. The molecule has 0 bridgehead atoms. The number of hydroxylamine groups is 1. The summed E-state index contributed by atoms with van der Waals surface area (Å²) in [7, 11) is 0. The van der Waals surface area contributed by atoms with Crippen LogP contribution in [-0.4, -0.2) is 47.0 Å². The number of nitrogens with zero attached hydrogens (tertiary/aromatic N) is 2. The number of aliphatic imine (C=N–C) groups is 1. The van der Waals surface area contributed by atoms with E-state index in [1.807, 2.05) is 0 Å². The van der Waals surface area contributed by atoms with Crippen molar-refractivity contribution in [3.8, 4) is 0 Å². The highest BCUT2D eigenvalue weighted by Crippen LogP contribution is 2.50. The molecular formula is C21H14Cl2F6N4O2S. The Balaban J connectivity index is 1.61. The number of carbonyl (C=O) groups excluding carboxylic acids is 1. The molecule has 192 valence electrons. The topological polar surface area (TPSA) is 75.6 Å². The van der Waals surface area contributed by atoms with Crippen LogP contribution in [-0.2, 0) is 21.2 Å². The molecule has 2 unspecified atom stereocenters. The number of nitrogens with one attached hydrogen (secondary N) is 2. The Bertz CT molecular complexity index is 1250. The Morgan fingerprint density at radius 2 is 1.92 bits per heavy atom. The third-order valence-corrected chi connectivity index (χ3v) is 6.96. The molecule has 4 rings (SSSR count). The second kappa shape index (κ2) is 9.43. The number of hydrogen-bond donors (Lipinski definition) is 2. The molecule has 0 radical (unpaired) electrons. The fourth-order valence-corrected chi connectivity index (χ4v) is 4.51. The first kappa shape index (κ1) is 26.6. The summed E-state index contributed by atoms with van der Waals surface area (Å²) in [5.41, 5.74) is -2.35. The zero-order valence-electron chi connectivity index (χ0n) is 17.7. The number of amides is 1. The Labute approximate surface area is 215 Å². The Morgan fingerprint density at radius 1 is 1.19 bits per heavy atom. The average Bonchev–Trinajstić information content (AvgIpc) is 3.42. The lowest BCUT2D eigenvalue weighted by atomic mass is 9.76. The Kier molecular flexibility index (Phi) is 6.97. The fraction of sp³-hybridized carbons (Fsp3) is 0.333. The minimum atomic E-state index is -5.01. The van der Waals surface area contributed by atoms with Gasteiger partial charge in [-0.3, -0.25) is 19.6 Å². The quantitative estimate of drug-likeness (QED) is 0.408. The van der Waals surface area contributed by atoms with Crippen LogP contribution < -0.4 is 10.8 Å². The second-order valence-corrected chi connectivity index (χ2v) is 9.27. The van der Waals surface area contributed by atoms with E-state index < -0.39 is 63.9 Å². The van der Waals surface area contributed by atoms with Gasteiger partial charge in [-0.15, -0.1) is 0 Å². The molecule has 36 heavy (non-hydrogen) atoms. The third-order valence-electron chi connectivity index (χ3n) is 5.80. The predicted octanol–water partition coefficient (Wildman–Crippen LogP) is 4.80. The van der Waals surface area contributed by atoms with Crippen molar-refractivity contribution in [1.29, 1.82) is 0 Å². The number of carbonyl (C=O) groups is 1. The first-order chi connectivity index (χ1) is 16.7. The largest absolute Gasteiger partial charge is 0.417 e. The van der Waals surface area contributed by atoms with Crippen molar-refractivity contribution in [3.05, 3.63) is 62.9 Å². The molecule has 1 aromatic heterocycles. The van der Waals surface area contributed by atoms with Crippen LogP contribution in [0.3, 0.4) is 0 Å². The minimum absolute atomic E-state index is 0.0472. The van der Waals surface area contributed by atoms with Crippen molar-refractivity contribution < 1.29 is 36.0 Å². The summed E-state index contributed by atoms with van der Waals surface area (Å²) in [6.07, 6.45) is -9.45. The molecule has 0 aliphatic carbocycles. The van der Waals surface area contributed by atoms with Gasteiger partial charge in [-0.1, -0.05) is 35.4 Å². The Morgan fingerprint density at radius 3 is 2.47 bits per heavy atom. The summed E-state index contributed by atoms with van der Waals surface area (Å²) in [4.78, 5) is 24.6. The minimum Gasteiger partial charge on any atom is -0.362 e. The summed E-state index contributed by atoms with van der Waals surface area (Å²) in [5.74, 6) is -0.415. The van der Waals surface area contributed by atoms with Gasteiger partial charge in [0.15, 0.2) is 0 Å². The summed E-state index contributed by atoms with van der Waals surface area (Å²) in [5, 5.41) is 1.24. The zero-order valence-corrected chi connectivity index (χ0v) is 20.1. The van der Waals surface area contributed by atoms with Gasteiger partial charge in [0.2, 0.25) is 0 Å². The maximum atomic E-state index is 14.3. The van der Waals surface area contributed by atoms with Gasteiger partial charge in [0.1, 0.15) is 23.1 Å². The normalized spacial score (nSPS) is 22.4. The van der Waals surface area contributed by atoms with Crippen LogP contribution in [0.25, 0.3) is 0 Å². The van der Waals surface area contributed by atoms with Crippen molar-refractivity contribution in [2.45, 2.75) is 30.2 Å². The standard InChI is InChI=1S/C21H14Cl2F6N4O2S/c22-12-4-10(3-11(16(12)23)20(24,25)26)19(21(27,28)29)5-14(31-8-19)13-2-1-9(6-30-13)18(36)32-15-7-35-33-17(15)34/h1-4,6,15H,5,7-8H2,(H,32,36)(H,33,34). The molecule has 1 fully saturated rings. The number of pyridine rings is 1. The SMILES string of the molecule is O=C1NOCC1NC(=S)c1ccc(C2=NCC(c3cc(Cl)c(Cl)c(C(F)(F)F)c3)(C(F)(F)F)C2)nc1. The van der Waals surface area contributed by atoms with Crippen molar-refractivity contribution in [2.24, 2.45) is 4.99 Å². The molecule has 2 aromatic rings. The van der Waals surface area contributed by atoms with E-state index in [9.17, 15) is 31.1 Å². The van der Waals surface area contributed by atoms with Crippen LogP contribution in [0.5, 0.6) is 0 Å². The smallest absolute Gasteiger partial charge is 0.362 e. The summed E-state index contributed by atoms with van der Waals surface area (Å²) < 4.78 is 83.2. The van der Waals surface area contributed by atoms with Crippen LogP contribution >= 0.6 is 35.4 Å². The number of alkyl halides is 6. The number of thiocarbonyl (C=S) groups is 1. The number of rotatable bonds is 4. The molecule has 6 nitrogen and oxygen atoms in total. The predicted molar refractivity (Wildman–Crippen MR) is 122 cm³/mol. The summed E-state index contributed by atoms with van der Waals surface area (Å²) in [6, 6.07) is 3.30. The van der Waals surface area contributed by atoms with Crippen molar-refractivity contribution >= 4 is 52.0 Å². The number of aromatic nitrogens is 1. The molecule has 1 aromatic carbocycles. The zero-order chi connectivity index (χ0) is 26.5. The van der Waals surface area contributed by atoms with Crippen LogP contribution in [0.4, 0.5) is 26.3 Å². The van der Waals surface area contributed by atoms with Gasteiger partial charge in [-0.05, 0) is 29.8 Å². The fourth-order valence-electron chi connectivity index (χ4n) is 3.81. The van der Waals surface area contributed by atoms with Gasteiger partial charge in [0.25, 0.3) is 5.91 Å². The van der Waals surface area contributed by atoms with E-state index in [1.54, 1.807) is 0 Å². The lowest BCUT2D eigenvalue weighted by molar-refractivity contribution is -0.184. The van der Waals surface area contributed by atoms with E-state index in [0.717, 1.165) is 6.07 Å². The van der Waals surface area contributed by atoms with Crippen LogP contribution in [0.1, 0.15) is 28.8 Å². The van der Waals surface area contributed by atoms with E-state index in [1.165, 1.54) is 18.3 Å². The molecule has 2 aliphatic rings. The lowest BCUT2D eigenvalue weighted by Gasteiger charge is -2.32. The van der Waals surface area contributed by atoms with Gasteiger partial charge in [0.05, 0.1) is 33.6 Å². The molecule has 0 spiro atoms. The first-order valence-corrected chi connectivity index (χ1v) is 11.2. The average molecular weight is 571 g/mol. The van der Waals surface area contributed by atoms with E-state index >= 15 is 0 Å². The molecule has 2 N–H and O–H groups in total. The number of hydrogen-bond acceptors (Lipinski definition) is 5. The van der Waals surface area contributed by atoms with Crippen molar-refractivity contribution in [3.63, 3.8) is 0 Å². The molecular weight excluding hydrogens is 557 g/mol. The highest BCUT2D eigenvalue weighted by molar-refractivity contribution is 7.80. The van der Waals surface area contributed by atoms with Crippen LogP contribution in [0.2, 0.25) is 10.0 Å². The molecule has 0 saturated carbocycles. The van der Waals surface area contributed by atoms with E-state index in [2.05, 4.69) is 20.8 Å². The first-order valence-electron chi connectivity index (χ1n) is 10.1. The van der Waals surface area contributed by atoms with E-state index in [4.69, 9.17) is 40.3 Å². The maximum absolute atomic E-state index is 14.3. The van der Waals surface area contributed by atoms with Gasteiger partial charge in [-0.2, -0.15) is 26.3 Å². The molecule has 2 atom stereocenters. The van der Waals surface area contributed by atoms with Gasteiger partial charge in [0, 0.05) is 18.2 Å². The molecule has 1 saturated heterocycles. The molecule has 1 amide bonds. The van der Waals surface area contributed by atoms with Crippen LogP contribution in [0.15, 0.2) is 35.5 Å². The van der Waals surface area contributed by atoms with Gasteiger partial charge in [-0.25, -0.2) is 5.48 Å². The Hall–Kier alpha value is -2.48. The lowest BCUT2D eigenvalue weighted by Crippen LogP contribution is -2.44. The third kappa shape index (κ3) is 4.89. The monoisotopic (exact) mass is 570 g/mol. The highest BCUT2D eigenvalue weighted by atomic mass is 35.5. The van der Waals surface area contributed by atoms with Crippen molar-refractivity contribution in [2.75, 3.05) is 13.2 Å². The number of halogens is 8. The van der Waals surface area contributed by atoms with Gasteiger partial charge < -0.3 is 5.32 Å². The maximum Gasteiger partial charge on any atom is 0.417 e. The summed E-state index contributed by atoms with van der Waals surface area (Å²) >= 11 is 16.6. The molecule has 15 heteroatoms. The summed E-state index contributed by atoms with van der Waals surface area (Å²) in [6.45, 7) is -0.813. The van der Waals surface area contributed by atoms with Gasteiger partial charge >= 0.3 is 12.4 Å². The van der Waals surface area contributed by atoms with E-state index in [0.29, 0.717) is 11.6 Å².